The van der Waals surface area contributed by atoms with Gasteiger partial charge in [0, 0.05) is 6.07 Å². The van der Waals surface area contributed by atoms with Gasteiger partial charge >= 0.3 is 0 Å². The van der Waals surface area contributed by atoms with Crippen LogP contribution in [-0.4, -0.2) is 4.98 Å². The Bertz CT molecular complexity index is 578. The van der Waals surface area contributed by atoms with Crippen LogP contribution in [0.15, 0.2) is 42.5 Å². The van der Waals surface area contributed by atoms with Gasteiger partial charge in [0.15, 0.2) is 0 Å². The van der Waals surface area contributed by atoms with Gasteiger partial charge < -0.3 is 4.74 Å². The number of hydrogen-bond acceptors (Lipinski definition) is 3. The lowest BCUT2D eigenvalue weighted by Crippen LogP contribution is -2.04. The number of hydrogen-bond donors (Lipinski definition) is 0. The maximum atomic E-state index is 8.85. The fourth-order valence-electron chi connectivity index (χ4n) is 1.57. The van der Waals surface area contributed by atoms with Crippen molar-refractivity contribution in [2.24, 2.45) is 0 Å². The molecule has 1 aromatic carbocycles. The predicted molar refractivity (Wildman–Crippen MR) is 69.4 cm³/mol. The molecule has 2 aromatic rings. The van der Waals surface area contributed by atoms with Crippen molar-refractivity contribution in [1.82, 2.24) is 4.98 Å². The van der Waals surface area contributed by atoms with E-state index in [1.165, 1.54) is 6.07 Å². The van der Waals surface area contributed by atoms with Gasteiger partial charge in [-0.2, -0.15) is 5.26 Å². The Hall–Kier alpha value is -2.05. The molecule has 0 bridgehead atoms. The van der Waals surface area contributed by atoms with E-state index in [2.05, 4.69) is 4.98 Å². The molecule has 0 amide bonds. The van der Waals surface area contributed by atoms with Crippen LogP contribution in [0.3, 0.4) is 0 Å². The molecule has 4 heteroatoms. The second-order valence-corrected chi connectivity index (χ2v) is 4.19. The molecule has 0 aliphatic rings. The lowest BCUT2D eigenvalue weighted by molar-refractivity contribution is 0.217. The summed E-state index contributed by atoms with van der Waals surface area (Å²) in [4.78, 5) is 4.04. The molecule has 90 valence electrons. The molecule has 0 aliphatic heterocycles. The minimum Gasteiger partial charge on any atom is -0.470 e. The molecule has 0 saturated heterocycles. The molecule has 0 fully saturated rings. The van der Waals surface area contributed by atoms with Gasteiger partial charge in [-0.3, -0.25) is 0 Å². The number of halogens is 1. The van der Waals surface area contributed by atoms with E-state index in [4.69, 9.17) is 21.6 Å². The van der Waals surface area contributed by atoms with Gasteiger partial charge in [-0.05, 0) is 18.6 Å². The van der Waals surface area contributed by atoms with Crippen molar-refractivity contribution in [3.63, 3.8) is 0 Å². The van der Waals surface area contributed by atoms with E-state index in [0.29, 0.717) is 11.4 Å². The molecule has 18 heavy (non-hydrogen) atoms. The number of nitrogens with zero attached hydrogens (tertiary/aromatic N) is 2. The monoisotopic (exact) mass is 258 g/mol. The molecule has 1 unspecified atom stereocenters. The number of nitriles is 1. The fourth-order valence-corrected chi connectivity index (χ4v) is 1.77. The van der Waals surface area contributed by atoms with Crippen molar-refractivity contribution in [2.75, 3.05) is 0 Å². The highest BCUT2D eigenvalue weighted by atomic mass is 35.5. The van der Waals surface area contributed by atoms with Crippen LogP contribution in [0.4, 0.5) is 0 Å². The molecular formula is C14H11ClN2O. The molecule has 2 rings (SSSR count). The third-order valence-electron chi connectivity index (χ3n) is 2.47. The van der Waals surface area contributed by atoms with E-state index in [1.54, 1.807) is 6.07 Å². The molecule has 1 aromatic heterocycles. The summed E-state index contributed by atoms with van der Waals surface area (Å²) in [6.07, 6.45) is -0.149. The maximum absolute atomic E-state index is 8.85. The molecule has 0 spiro atoms. The average molecular weight is 259 g/mol. The zero-order chi connectivity index (χ0) is 13.0. The van der Waals surface area contributed by atoms with E-state index < -0.39 is 0 Å². The number of rotatable bonds is 3. The van der Waals surface area contributed by atoms with Crippen molar-refractivity contribution in [1.29, 1.82) is 5.26 Å². The van der Waals surface area contributed by atoms with Crippen molar-refractivity contribution in [2.45, 2.75) is 13.0 Å². The quantitative estimate of drug-likeness (QED) is 0.788. The van der Waals surface area contributed by atoms with Crippen LogP contribution in [0.1, 0.15) is 24.2 Å². The Kier molecular flexibility index (Phi) is 3.81. The number of benzene rings is 1. The fraction of sp³-hybridized carbons (Fsp3) is 0.143. The molecule has 1 atom stereocenters. The lowest BCUT2D eigenvalue weighted by atomic mass is 10.1. The Morgan fingerprint density at radius 1 is 1.28 bits per heavy atom. The Morgan fingerprint density at radius 2 is 2.00 bits per heavy atom. The molecule has 0 aliphatic carbocycles. The van der Waals surface area contributed by atoms with Crippen LogP contribution in [-0.2, 0) is 0 Å². The summed E-state index contributed by atoms with van der Waals surface area (Å²) >= 11 is 5.82. The Morgan fingerprint density at radius 3 is 2.67 bits per heavy atom. The highest BCUT2D eigenvalue weighted by Crippen LogP contribution is 2.22. The Labute approximate surface area is 111 Å². The van der Waals surface area contributed by atoms with Crippen LogP contribution in [0, 0.1) is 11.3 Å². The molecule has 0 saturated carbocycles. The molecule has 0 radical (unpaired) electrons. The van der Waals surface area contributed by atoms with E-state index in [9.17, 15) is 0 Å². The summed E-state index contributed by atoms with van der Waals surface area (Å²) < 4.78 is 5.68. The topological polar surface area (TPSA) is 45.9 Å². The van der Waals surface area contributed by atoms with Gasteiger partial charge in [0.2, 0.25) is 5.88 Å². The van der Waals surface area contributed by atoms with E-state index >= 15 is 0 Å². The van der Waals surface area contributed by atoms with Crippen molar-refractivity contribution in [3.05, 3.63) is 58.7 Å². The standard InChI is InChI=1S/C14H11ClN2O/c1-10(12-5-3-2-4-6-12)18-14-8-11(9-16)7-13(15)17-14/h2-8,10H,1H3. The summed E-state index contributed by atoms with van der Waals surface area (Å²) in [6, 6.07) is 14.9. The van der Waals surface area contributed by atoms with Crippen LogP contribution in [0.2, 0.25) is 5.15 Å². The van der Waals surface area contributed by atoms with Crippen LogP contribution in [0.25, 0.3) is 0 Å². The largest absolute Gasteiger partial charge is 0.470 e. The van der Waals surface area contributed by atoms with Crippen LogP contribution >= 0.6 is 11.6 Å². The molecule has 3 nitrogen and oxygen atoms in total. The van der Waals surface area contributed by atoms with Crippen LogP contribution in [0.5, 0.6) is 5.88 Å². The van der Waals surface area contributed by atoms with Gasteiger partial charge in [0.25, 0.3) is 0 Å². The third-order valence-corrected chi connectivity index (χ3v) is 2.66. The van der Waals surface area contributed by atoms with Crippen LogP contribution < -0.4 is 4.74 Å². The molecule has 1 heterocycles. The van der Waals surface area contributed by atoms with Gasteiger partial charge in [-0.15, -0.1) is 0 Å². The van der Waals surface area contributed by atoms with Crippen molar-refractivity contribution < 1.29 is 4.74 Å². The minimum absolute atomic E-state index is 0.149. The summed E-state index contributed by atoms with van der Waals surface area (Å²) in [5.41, 5.74) is 1.48. The summed E-state index contributed by atoms with van der Waals surface area (Å²) in [5, 5.41) is 9.10. The highest BCUT2D eigenvalue weighted by molar-refractivity contribution is 6.29. The van der Waals surface area contributed by atoms with Gasteiger partial charge in [-0.1, -0.05) is 41.9 Å². The van der Waals surface area contributed by atoms with Crippen molar-refractivity contribution in [3.8, 4) is 11.9 Å². The summed E-state index contributed by atoms with van der Waals surface area (Å²) in [7, 11) is 0. The first-order valence-electron chi connectivity index (χ1n) is 5.48. The Balaban J connectivity index is 2.20. The van der Waals surface area contributed by atoms with Gasteiger partial charge in [-0.25, -0.2) is 4.98 Å². The zero-order valence-corrected chi connectivity index (χ0v) is 10.6. The normalized spacial score (nSPS) is 11.6. The second-order valence-electron chi connectivity index (χ2n) is 3.80. The molecular weight excluding hydrogens is 248 g/mol. The van der Waals surface area contributed by atoms with Gasteiger partial charge in [0.1, 0.15) is 11.3 Å². The van der Waals surface area contributed by atoms with Gasteiger partial charge in [0.05, 0.1) is 11.6 Å². The zero-order valence-electron chi connectivity index (χ0n) is 9.80. The maximum Gasteiger partial charge on any atom is 0.216 e. The first-order valence-corrected chi connectivity index (χ1v) is 5.86. The smallest absolute Gasteiger partial charge is 0.216 e. The SMILES string of the molecule is CC(Oc1cc(C#N)cc(Cl)n1)c1ccccc1. The highest BCUT2D eigenvalue weighted by Gasteiger charge is 2.09. The number of pyridine rings is 1. The predicted octanol–water partition coefficient (Wildman–Crippen LogP) is 3.75. The second kappa shape index (κ2) is 5.52. The summed E-state index contributed by atoms with van der Waals surface area (Å²) in [5.74, 6) is 0.357. The summed E-state index contributed by atoms with van der Waals surface area (Å²) in [6.45, 7) is 1.92. The number of aromatic nitrogens is 1. The van der Waals surface area contributed by atoms with Crippen molar-refractivity contribution >= 4 is 11.6 Å². The first-order chi connectivity index (χ1) is 8.69. The molecule has 0 N–H and O–H groups in total. The third kappa shape index (κ3) is 2.99. The first kappa shape index (κ1) is 12.4. The van der Waals surface area contributed by atoms with E-state index in [-0.39, 0.29) is 11.3 Å². The van der Waals surface area contributed by atoms with E-state index in [0.717, 1.165) is 5.56 Å². The average Bonchev–Trinajstić information content (AvgIpc) is 2.39. The van der Waals surface area contributed by atoms with E-state index in [1.807, 2.05) is 43.3 Å². The minimum atomic E-state index is -0.149. The number of ether oxygens (including phenoxy) is 1. The lowest BCUT2D eigenvalue weighted by Gasteiger charge is -2.14.